The van der Waals surface area contributed by atoms with Gasteiger partial charge in [-0.25, -0.2) is 0 Å². The van der Waals surface area contributed by atoms with Crippen LogP contribution in [0.5, 0.6) is 0 Å². The lowest BCUT2D eigenvalue weighted by Crippen LogP contribution is -2.56. The first-order valence-corrected chi connectivity index (χ1v) is 5.90. The highest BCUT2D eigenvalue weighted by atomic mass is 15.2. The summed E-state index contributed by atoms with van der Waals surface area (Å²) in [4.78, 5) is 2.48. The summed E-state index contributed by atoms with van der Waals surface area (Å²) in [6, 6.07) is 0.452. The molecule has 0 aromatic carbocycles. The van der Waals surface area contributed by atoms with Crippen molar-refractivity contribution in [3.8, 4) is 12.3 Å². The van der Waals surface area contributed by atoms with Gasteiger partial charge in [-0.15, -0.1) is 12.3 Å². The molecular formula is C13H26N2. The Bertz CT molecular complexity index is 199. The highest BCUT2D eigenvalue weighted by Crippen LogP contribution is 2.21. The summed E-state index contributed by atoms with van der Waals surface area (Å²) in [6.07, 6.45) is 7.21. The zero-order valence-electron chi connectivity index (χ0n) is 10.9. The molecule has 0 saturated heterocycles. The summed E-state index contributed by atoms with van der Waals surface area (Å²) in [6.45, 7) is 11.2. The van der Waals surface area contributed by atoms with Crippen molar-refractivity contribution in [1.29, 1.82) is 0 Å². The Morgan fingerprint density at radius 1 is 1.33 bits per heavy atom. The van der Waals surface area contributed by atoms with Crippen LogP contribution in [-0.2, 0) is 0 Å². The van der Waals surface area contributed by atoms with Gasteiger partial charge in [0.25, 0.3) is 0 Å². The minimum atomic E-state index is 0.162. The fourth-order valence-electron chi connectivity index (χ4n) is 2.34. The minimum Gasteiger partial charge on any atom is -0.315 e. The Labute approximate surface area is 95.4 Å². The third-order valence-electron chi connectivity index (χ3n) is 3.36. The van der Waals surface area contributed by atoms with Crippen molar-refractivity contribution >= 4 is 0 Å². The third-order valence-corrected chi connectivity index (χ3v) is 3.36. The second-order valence-corrected chi connectivity index (χ2v) is 4.41. The smallest absolute Gasteiger partial charge is 0.0306 e. The van der Waals surface area contributed by atoms with Crippen LogP contribution in [0, 0.1) is 12.3 Å². The second-order valence-electron chi connectivity index (χ2n) is 4.41. The van der Waals surface area contributed by atoms with Crippen molar-refractivity contribution in [3.63, 3.8) is 0 Å². The zero-order chi connectivity index (χ0) is 11.9. The van der Waals surface area contributed by atoms with Crippen molar-refractivity contribution in [2.75, 3.05) is 20.1 Å². The van der Waals surface area contributed by atoms with Crippen molar-refractivity contribution in [2.24, 2.45) is 0 Å². The predicted molar refractivity (Wildman–Crippen MR) is 67.9 cm³/mol. The largest absolute Gasteiger partial charge is 0.315 e. The molecule has 0 fully saturated rings. The van der Waals surface area contributed by atoms with Crippen molar-refractivity contribution in [2.45, 2.75) is 52.1 Å². The van der Waals surface area contributed by atoms with Crippen molar-refractivity contribution in [1.82, 2.24) is 10.2 Å². The van der Waals surface area contributed by atoms with Crippen LogP contribution in [0.2, 0.25) is 0 Å². The van der Waals surface area contributed by atoms with E-state index in [0.717, 1.165) is 25.9 Å². The Balaban J connectivity index is 4.55. The lowest BCUT2D eigenvalue weighted by molar-refractivity contribution is 0.0914. The van der Waals surface area contributed by atoms with E-state index in [1.807, 2.05) is 7.05 Å². The van der Waals surface area contributed by atoms with Crippen LogP contribution in [-0.4, -0.2) is 36.6 Å². The van der Waals surface area contributed by atoms with E-state index in [1.165, 1.54) is 0 Å². The zero-order valence-corrected chi connectivity index (χ0v) is 10.9. The molecule has 2 nitrogen and oxygen atoms in total. The van der Waals surface area contributed by atoms with Crippen molar-refractivity contribution in [3.05, 3.63) is 0 Å². The molecular weight excluding hydrogens is 184 g/mol. The van der Waals surface area contributed by atoms with Crippen molar-refractivity contribution < 1.29 is 0 Å². The lowest BCUT2D eigenvalue weighted by atomic mass is 9.89. The average molecular weight is 210 g/mol. The maximum Gasteiger partial charge on any atom is 0.0306 e. The summed E-state index contributed by atoms with van der Waals surface area (Å²) in [7, 11) is 2.02. The Hall–Kier alpha value is -0.520. The minimum absolute atomic E-state index is 0.162. The van der Waals surface area contributed by atoms with E-state index in [1.54, 1.807) is 0 Å². The van der Waals surface area contributed by atoms with Crippen LogP contribution in [0.3, 0.4) is 0 Å². The number of nitrogens with one attached hydrogen (secondary N) is 1. The highest BCUT2D eigenvalue weighted by Gasteiger charge is 2.32. The number of hydrogen-bond donors (Lipinski definition) is 1. The van der Waals surface area contributed by atoms with Gasteiger partial charge in [0.2, 0.25) is 0 Å². The first kappa shape index (κ1) is 14.5. The fourth-order valence-corrected chi connectivity index (χ4v) is 2.34. The fraction of sp³-hybridized carbons (Fsp3) is 0.846. The maximum atomic E-state index is 5.32. The quantitative estimate of drug-likeness (QED) is 0.647. The molecule has 0 radical (unpaired) electrons. The molecule has 0 aliphatic heterocycles. The summed E-state index contributed by atoms with van der Waals surface area (Å²) < 4.78 is 0. The van der Waals surface area contributed by atoms with E-state index < -0.39 is 0 Å². The summed E-state index contributed by atoms with van der Waals surface area (Å²) in [5, 5.41) is 3.39. The molecule has 0 amide bonds. The van der Waals surface area contributed by atoms with E-state index >= 15 is 0 Å². The number of likely N-dealkylation sites (N-methyl/N-ethyl adjacent to an activating group) is 2. The lowest BCUT2D eigenvalue weighted by Gasteiger charge is -2.43. The molecule has 0 saturated carbocycles. The second kappa shape index (κ2) is 6.87. The Morgan fingerprint density at radius 2 is 1.87 bits per heavy atom. The molecule has 0 aromatic heterocycles. The number of terminal acetylenes is 1. The summed E-state index contributed by atoms with van der Waals surface area (Å²) in [5.74, 6) is 2.72. The van der Waals surface area contributed by atoms with Crippen LogP contribution < -0.4 is 5.32 Å². The maximum absolute atomic E-state index is 5.32. The average Bonchev–Trinajstić information content (AvgIpc) is 2.20. The van der Waals surface area contributed by atoms with Crippen LogP contribution in [0.4, 0.5) is 0 Å². The molecule has 0 bridgehead atoms. The number of nitrogens with zero attached hydrogens (tertiary/aromatic N) is 1. The summed E-state index contributed by atoms with van der Waals surface area (Å²) in [5.41, 5.74) is 0.162. The van der Waals surface area contributed by atoms with Crippen LogP contribution in [0.15, 0.2) is 0 Å². The molecule has 0 aliphatic carbocycles. The van der Waals surface area contributed by atoms with Gasteiger partial charge in [0.1, 0.15) is 0 Å². The normalized spacial score (nSPS) is 13.9. The van der Waals surface area contributed by atoms with Gasteiger partial charge in [-0.2, -0.15) is 0 Å². The standard InChI is InChI=1S/C13H26N2/c1-7-10-11-12(14-6)13(4,5)15(8-2)9-3/h1,12,14H,8-11H2,2-6H3. The highest BCUT2D eigenvalue weighted by molar-refractivity contribution is 4.95. The molecule has 15 heavy (non-hydrogen) atoms. The van der Waals surface area contributed by atoms with Gasteiger partial charge in [0.15, 0.2) is 0 Å². The van der Waals surface area contributed by atoms with E-state index in [2.05, 4.69) is 43.8 Å². The van der Waals surface area contributed by atoms with E-state index in [4.69, 9.17) is 6.42 Å². The van der Waals surface area contributed by atoms with Gasteiger partial charge in [-0.05, 0) is 40.4 Å². The molecule has 0 aromatic rings. The molecule has 0 rings (SSSR count). The third kappa shape index (κ3) is 3.85. The SMILES string of the molecule is C#CCCC(NC)C(C)(C)N(CC)CC. The number of rotatable bonds is 7. The molecule has 2 heteroatoms. The summed E-state index contributed by atoms with van der Waals surface area (Å²) >= 11 is 0. The number of hydrogen-bond acceptors (Lipinski definition) is 2. The van der Waals surface area contributed by atoms with Crippen LogP contribution in [0.25, 0.3) is 0 Å². The van der Waals surface area contributed by atoms with Crippen LogP contribution in [0.1, 0.15) is 40.5 Å². The van der Waals surface area contributed by atoms with Crippen LogP contribution >= 0.6 is 0 Å². The first-order valence-electron chi connectivity index (χ1n) is 5.90. The van der Waals surface area contributed by atoms with E-state index in [0.29, 0.717) is 6.04 Å². The van der Waals surface area contributed by atoms with Gasteiger partial charge in [0, 0.05) is 18.0 Å². The van der Waals surface area contributed by atoms with Gasteiger partial charge in [0.05, 0.1) is 0 Å². The molecule has 0 spiro atoms. The van der Waals surface area contributed by atoms with Gasteiger partial charge in [-0.3, -0.25) is 4.90 Å². The van der Waals surface area contributed by atoms with Gasteiger partial charge >= 0.3 is 0 Å². The molecule has 1 atom stereocenters. The Kier molecular flexibility index (Phi) is 6.63. The van der Waals surface area contributed by atoms with E-state index in [-0.39, 0.29) is 5.54 Å². The molecule has 1 unspecified atom stereocenters. The monoisotopic (exact) mass is 210 g/mol. The predicted octanol–water partition coefficient (Wildman–Crippen LogP) is 2.11. The molecule has 88 valence electrons. The Morgan fingerprint density at radius 3 is 2.20 bits per heavy atom. The first-order chi connectivity index (χ1) is 7.04. The van der Waals surface area contributed by atoms with Gasteiger partial charge in [-0.1, -0.05) is 13.8 Å². The van der Waals surface area contributed by atoms with Gasteiger partial charge < -0.3 is 5.32 Å². The van der Waals surface area contributed by atoms with E-state index in [9.17, 15) is 0 Å². The molecule has 0 aliphatic rings. The topological polar surface area (TPSA) is 15.3 Å². The molecule has 1 N–H and O–H groups in total. The molecule has 0 heterocycles.